The van der Waals surface area contributed by atoms with Crippen molar-refractivity contribution in [1.82, 2.24) is 0 Å². The first-order valence-electron chi connectivity index (χ1n) is 16.2. The monoisotopic (exact) mass is 662 g/mol. The van der Waals surface area contributed by atoms with Gasteiger partial charge in [0.15, 0.2) is 0 Å². The molecular formula is C38H62O5S2. The number of phenols is 1. The largest absolute Gasteiger partial charge is 0.507 e. The highest BCUT2D eigenvalue weighted by atomic mass is 32.2. The molecule has 5 nitrogen and oxygen atoms in total. The lowest BCUT2D eigenvalue weighted by molar-refractivity contribution is 0.0177. The van der Waals surface area contributed by atoms with Gasteiger partial charge in [-0.25, -0.2) is 0 Å². The number of methoxy groups -OCH3 is 1. The van der Waals surface area contributed by atoms with Crippen LogP contribution in [-0.4, -0.2) is 55.9 Å². The Bertz CT molecular complexity index is 1170. The van der Waals surface area contributed by atoms with Crippen molar-refractivity contribution in [1.29, 1.82) is 0 Å². The Morgan fingerprint density at radius 2 is 0.844 bits per heavy atom. The molecule has 45 heavy (non-hydrogen) atoms. The Hall–Kier alpha value is -1.38. The molecule has 2 aromatic rings. The van der Waals surface area contributed by atoms with Crippen molar-refractivity contribution < 1.29 is 24.1 Å². The fraction of sp³-hybridized carbons (Fsp3) is 0.684. The van der Waals surface area contributed by atoms with E-state index in [1.807, 2.05) is 23.5 Å². The first kappa shape index (κ1) is 39.8. The Morgan fingerprint density at radius 1 is 0.511 bits per heavy atom. The van der Waals surface area contributed by atoms with E-state index in [0.29, 0.717) is 45.4 Å². The van der Waals surface area contributed by atoms with Crippen LogP contribution in [0.1, 0.15) is 119 Å². The quantitative estimate of drug-likeness (QED) is 0.123. The fourth-order valence-corrected chi connectivity index (χ4v) is 7.58. The highest BCUT2D eigenvalue weighted by molar-refractivity contribution is 8.18. The Labute approximate surface area is 283 Å². The van der Waals surface area contributed by atoms with Gasteiger partial charge in [0, 0.05) is 39.2 Å². The molecule has 0 heterocycles. The minimum atomic E-state index is -0.173. The number of benzene rings is 2. The van der Waals surface area contributed by atoms with Gasteiger partial charge in [0.1, 0.15) is 18.1 Å². The molecule has 0 radical (unpaired) electrons. The Kier molecular flexibility index (Phi) is 13.9. The Balaban J connectivity index is 2.39. The summed E-state index contributed by atoms with van der Waals surface area (Å²) in [6.45, 7) is 34.3. The molecule has 0 spiro atoms. The number of hydrogen-bond donors (Lipinski definition) is 1. The molecule has 0 amide bonds. The van der Waals surface area contributed by atoms with E-state index in [1.165, 1.54) is 20.9 Å². The van der Waals surface area contributed by atoms with Crippen LogP contribution in [0.25, 0.3) is 0 Å². The number of ether oxygens (including phenoxy) is 4. The Morgan fingerprint density at radius 3 is 1.20 bits per heavy atom. The zero-order valence-electron chi connectivity index (χ0n) is 30.9. The van der Waals surface area contributed by atoms with Gasteiger partial charge < -0.3 is 24.1 Å². The van der Waals surface area contributed by atoms with E-state index in [0.717, 1.165) is 16.9 Å². The van der Waals surface area contributed by atoms with Crippen molar-refractivity contribution in [3.8, 4) is 11.5 Å². The summed E-state index contributed by atoms with van der Waals surface area (Å²) in [5.74, 6) is 1.39. The van der Waals surface area contributed by atoms with E-state index < -0.39 is 0 Å². The third-order valence-electron chi connectivity index (χ3n) is 7.38. The summed E-state index contributed by atoms with van der Waals surface area (Å²) in [6, 6.07) is 9.01. The zero-order chi connectivity index (χ0) is 34.4. The zero-order valence-corrected chi connectivity index (χ0v) is 32.6. The average Bonchev–Trinajstić information content (AvgIpc) is 2.86. The van der Waals surface area contributed by atoms with E-state index >= 15 is 0 Å². The first-order valence-corrected chi connectivity index (χ1v) is 17.8. The molecule has 2 aromatic carbocycles. The molecule has 0 aliphatic rings. The first-order chi connectivity index (χ1) is 20.5. The molecule has 0 atom stereocenters. The van der Waals surface area contributed by atoms with Crippen LogP contribution in [0.5, 0.6) is 11.5 Å². The molecule has 0 saturated carbocycles. The third-order valence-corrected chi connectivity index (χ3v) is 9.81. The number of aromatic hydroxyl groups is 1. The summed E-state index contributed by atoms with van der Waals surface area (Å²) in [6.07, 6.45) is 0. The van der Waals surface area contributed by atoms with Crippen molar-refractivity contribution in [3.63, 3.8) is 0 Å². The molecule has 0 aromatic heterocycles. The predicted octanol–water partition coefficient (Wildman–Crippen LogP) is 10.3. The van der Waals surface area contributed by atoms with Gasteiger partial charge in [0.05, 0.1) is 37.1 Å². The summed E-state index contributed by atoms with van der Waals surface area (Å²) >= 11 is 3.74. The van der Waals surface area contributed by atoms with Crippen LogP contribution in [0, 0.1) is 0 Å². The number of phenolic OH excluding ortho intramolecular Hbond substituents is 1. The smallest absolute Gasteiger partial charge is 0.126 e. The summed E-state index contributed by atoms with van der Waals surface area (Å²) < 4.78 is 22.6. The van der Waals surface area contributed by atoms with E-state index in [-0.39, 0.29) is 25.7 Å². The van der Waals surface area contributed by atoms with Crippen molar-refractivity contribution in [2.24, 2.45) is 0 Å². The van der Waals surface area contributed by atoms with Crippen molar-refractivity contribution in [3.05, 3.63) is 46.5 Å². The van der Waals surface area contributed by atoms with Gasteiger partial charge in [0.25, 0.3) is 0 Å². The minimum absolute atomic E-state index is 0.112. The lowest BCUT2D eigenvalue weighted by atomic mass is 9.79. The van der Waals surface area contributed by atoms with Crippen LogP contribution in [-0.2, 0) is 35.9 Å². The van der Waals surface area contributed by atoms with Gasteiger partial charge in [0.2, 0.25) is 0 Å². The van der Waals surface area contributed by atoms with Crippen LogP contribution in [0.2, 0.25) is 0 Å². The molecule has 0 saturated heterocycles. The molecule has 0 aliphatic carbocycles. The second kappa shape index (κ2) is 15.7. The van der Waals surface area contributed by atoms with E-state index in [4.69, 9.17) is 18.9 Å². The van der Waals surface area contributed by atoms with Gasteiger partial charge in [-0.2, -0.15) is 0 Å². The molecule has 256 valence electrons. The SMILES string of the molecule is COCCOCCOCCOc1c(C(C)(C)C)cc(SC(C)(C)Sc2cc(C(C)(C)C)c(O)c(C(C)(C)C)c2)cc1C(C)(C)C. The van der Waals surface area contributed by atoms with Gasteiger partial charge in [-0.3, -0.25) is 0 Å². The highest BCUT2D eigenvalue weighted by Gasteiger charge is 2.32. The second-order valence-corrected chi connectivity index (χ2v) is 20.0. The number of thioether (sulfide) groups is 2. The van der Waals surface area contributed by atoms with Crippen LogP contribution >= 0.6 is 23.5 Å². The van der Waals surface area contributed by atoms with Gasteiger partial charge in [-0.05, 0) is 59.8 Å². The summed E-state index contributed by atoms with van der Waals surface area (Å²) in [5.41, 5.74) is 3.84. The van der Waals surface area contributed by atoms with Crippen molar-refractivity contribution in [2.75, 3.05) is 46.8 Å². The van der Waals surface area contributed by atoms with Crippen LogP contribution in [0.4, 0.5) is 0 Å². The molecule has 0 bridgehead atoms. The fourth-order valence-electron chi connectivity index (χ4n) is 5.00. The standard InChI is InChI=1S/C38H62O5S2/c1-34(2,3)28-22-26(23-29(32(28)39)35(4,5)6)44-38(13,14)45-27-24-30(36(7,8)9)33(31(25-27)37(10,11)12)43-21-20-42-19-18-41-17-16-40-15/h22-25,39H,16-21H2,1-15H3. The average molecular weight is 663 g/mol. The van der Waals surface area contributed by atoms with Crippen molar-refractivity contribution >= 4 is 23.5 Å². The van der Waals surface area contributed by atoms with E-state index in [1.54, 1.807) is 7.11 Å². The van der Waals surface area contributed by atoms with Gasteiger partial charge in [-0.1, -0.05) is 83.1 Å². The molecular weight excluding hydrogens is 601 g/mol. The molecule has 0 aliphatic heterocycles. The summed E-state index contributed by atoms with van der Waals surface area (Å²) in [7, 11) is 1.67. The summed E-state index contributed by atoms with van der Waals surface area (Å²) in [4.78, 5) is 2.40. The number of rotatable bonds is 14. The van der Waals surface area contributed by atoms with E-state index in [9.17, 15) is 5.11 Å². The minimum Gasteiger partial charge on any atom is -0.507 e. The maximum Gasteiger partial charge on any atom is 0.126 e. The van der Waals surface area contributed by atoms with Gasteiger partial charge >= 0.3 is 0 Å². The van der Waals surface area contributed by atoms with E-state index in [2.05, 4.69) is 121 Å². The molecule has 7 heteroatoms. The molecule has 2 rings (SSSR count). The lowest BCUT2D eigenvalue weighted by Gasteiger charge is -2.32. The summed E-state index contributed by atoms with van der Waals surface area (Å²) in [5, 5.41) is 11.3. The van der Waals surface area contributed by atoms with Gasteiger partial charge in [-0.15, -0.1) is 23.5 Å². The predicted molar refractivity (Wildman–Crippen MR) is 194 cm³/mol. The third kappa shape index (κ3) is 12.3. The van der Waals surface area contributed by atoms with Crippen molar-refractivity contribution in [2.45, 2.75) is 132 Å². The molecule has 0 unspecified atom stereocenters. The highest BCUT2D eigenvalue weighted by Crippen LogP contribution is 2.51. The topological polar surface area (TPSA) is 57.2 Å². The van der Waals surface area contributed by atoms with Crippen LogP contribution < -0.4 is 4.74 Å². The second-order valence-electron chi connectivity index (χ2n) is 16.4. The lowest BCUT2D eigenvalue weighted by Crippen LogP contribution is -2.22. The maximum atomic E-state index is 11.3. The van der Waals surface area contributed by atoms with Crippen LogP contribution in [0.15, 0.2) is 34.1 Å². The molecule has 1 N–H and O–H groups in total. The maximum absolute atomic E-state index is 11.3. The number of hydrogen-bond acceptors (Lipinski definition) is 7. The normalized spacial score (nSPS) is 13.4. The molecule has 0 fully saturated rings. The van der Waals surface area contributed by atoms with Crippen LogP contribution in [0.3, 0.4) is 0 Å².